The van der Waals surface area contributed by atoms with Crippen molar-refractivity contribution in [3.8, 4) is 11.5 Å². The van der Waals surface area contributed by atoms with E-state index in [-0.39, 0.29) is 46.5 Å². The van der Waals surface area contributed by atoms with Crippen LogP contribution in [0.25, 0.3) is 0 Å². The van der Waals surface area contributed by atoms with Crippen LogP contribution in [0.1, 0.15) is 39.2 Å². The minimum atomic E-state index is -0.622. The minimum Gasteiger partial charge on any atom is -0.457 e. The number of ether oxygens (including phenoxy) is 1. The molecule has 0 saturated carbocycles. The number of rotatable bonds is 8. The molecular weight excluding hydrogens is 527 g/mol. The van der Waals surface area contributed by atoms with Crippen LogP contribution < -0.4 is 21.1 Å². The second kappa shape index (κ2) is 12.1. The number of aromatic nitrogens is 3. The Morgan fingerprint density at radius 3 is 2.51 bits per heavy atom. The summed E-state index contributed by atoms with van der Waals surface area (Å²) in [6.45, 7) is 9.88. The van der Waals surface area contributed by atoms with Gasteiger partial charge in [0.05, 0.1) is 11.3 Å². The molecule has 2 aromatic heterocycles. The van der Waals surface area contributed by atoms with Crippen molar-refractivity contribution < 1.29 is 18.7 Å². The van der Waals surface area contributed by atoms with Crippen molar-refractivity contribution in [1.82, 2.24) is 19.9 Å². The maximum Gasteiger partial charge on any atom is 0.245 e. The second-order valence-corrected chi connectivity index (χ2v) is 10.6. The first kappa shape index (κ1) is 29.1. The van der Waals surface area contributed by atoms with Crippen LogP contribution in [-0.2, 0) is 9.59 Å². The molecule has 3 heterocycles. The van der Waals surface area contributed by atoms with Crippen molar-refractivity contribution in [2.45, 2.75) is 33.6 Å². The molecule has 214 valence electrons. The number of pyridine rings is 1. The summed E-state index contributed by atoms with van der Waals surface area (Å²) < 4.78 is 21.0. The summed E-state index contributed by atoms with van der Waals surface area (Å²) in [6.07, 6.45) is 5.15. The number of benzene rings is 1. The summed E-state index contributed by atoms with van der Waals surface area (Å²) in [5.41, 5.74) is 6.16. The number of nitrogens with two attached hydrogens (primary N) is 1. The van der Waals surface area contributed by atoms with Gasteiger partial charge in [-0.05, 0) is 37.1 Å². The summed E-state index contributed by atoms with van der Waals surface area (Å²) >= 11 is 0. The number of nitrogens with one attached hydrogen (secondary N) is 3. The Hall–Kier alpha value is -4.87. The standard InChI is InChI=1S/C29H33FN8O3/c1-5-23(39)38-12-9-17(10-13-38)25(31)24-26(32)34-16-35-27(24)36-21-7-6-18(14-20(21)30)41-19-8-11-33-22(15-19)37-28(40)29(2,3)4/h5-8,11,14-17,31H,1,9-10,12-13H2,2-4H3,(H,33,37,40)(H3,32,34,35,36). The predicted molar refractivity (Wildman–Crippen MR) is 155 cm³/mol. The summed E-state index contributed by atoms with van der Waals surface area (Å²) in [7, 11) is 0. The number of anilines is 4. The lowest BCUT2D eigenvalue weighted by Gasteiger charge is -2.32. The van der Waals surface area contributed by atoms with Gasteiger partial charge in [-0.1, -0.05) is 27.4 Å². The van der Waals surface area contributed by atoms with Crippen LogP contribution in [0.2, 0.25) is 0 Å². The lowest BCUT2D eigenvalue weighted by molar-refractivity contribution is -0.127. The minimum absolute atomic E-state index is 0.101. The molecule has 3 aromatic rings. The van der Waals surface area contributed by atoms with Gasteiger partial charge in [0.25, 0.3) is 0 Å². The fourth-order valence-electron chi connectivity index (χ4n) is 4.25. The van der Waals surface area contributed by atoms with Crippen LogP contribution in [0.3, 0.4) is 0 Å². The third kappa shape index (κ3) is 7.02. The van der Waals surface area contributed by atoms with Crippen LogP contribution >= 0.6 is 0 Å². The third-order valence-electron chi connectivity index (χ3n) is 6.62. The number of likely N-dealkylation sites (tertiary alicyclic amines) is 1. The SMILES string of the molecule is C=CC(=O)N1CCC(C(=N)c2c(N)ncnc2Nc2ccc(Oc3ccnc(NC(=O)C(C)(C)C)c3)cc2F)CC1. The van der Waals surface area contributed by atoms with Gasteiger partial charge < -0.3 is 31.4 Å². The first-order chi connectivity index (χ1) is 19.5. The van der Waals surface area contributed by atoms with Gasteiger partial charge in [0.15, 0.2) is 0 Å². The number of halogens is 1. The van der Waals surface area contributed by atoms with E-state index in [4.69, 9.17) is 15.9 Å². The highest BCUT2D eigenvalue weighted by molar-refractivity contribution is 6.07. The van der Waals surface area contributed by atoms with Gasteiger partial charge in [0.1, 0.15) is 41.1 Å². The largest absolute Gasteiger partial charge is 0.457 e. The number of carbonyl (C=O) groups excluding carboxylic acids is 2. The van der Waals surface area contributed by atoms with E-state index in [1.54, 1.807) is 43.9 Å². The number of carbonyl (C=O) groups is 2. The van der Waals surface area contributed by atoms with Crippen molar-refractivity contribution in [2.75, 3.05) is 29.5 Å². The molecule has 1 aromatic carbocycles. The summed E-state index contributed by atoms with van der Waals surface area (Å²) in [5, 5.41) is 14.5. The average molecular weight is 561 g/mol. The number of piperidine rings is 1. The summed E-state index contributed by atoms with van der Waals surface area (Å²) in [6, 6.07) is 7.40. The number of hydrogen-bond acceptors (Lipinski definition) is 9. The molecule has 0 radical (unpaired) electrons. The molecule has 1 fully saturated rings. The fourth-order valence-corrected chi connectivity index (χ4v) is 4.25. The van der Waals surface area contributed by atoms with E-state index in [1.165, 1.54) is 30.7 Å². The third-order valence-corrected chi connectivity index (χ3v) is 6.62. The zero-order chi connectivity index (χ0) is 29.7. The molecule has 12 heteroatoms. The Labute approximate surface area is 237 Å². The smallest absolute Gasteiger partial charge is 0.245 e. The number of nitrogens with zero attached hydrogens (tertiary/aromatic N) is 4. The van der Waals surface area contributed by atoms with Crippen LogP contribution in [0, 0.1) is 22.6 Å². The van der Waals surface area contributed by atoms with Crippen LogP contribution in [-0.4, -0.2) is 50.5 Å². The van der Waals surface area contributed by atoms with Crippen LogP contribution in [0.15, 0.2) is 55.5 Å². The number of nitrogen functional groups attached to an aromatic ring is 1. The Balaban J connectivity index is 1.48. The van der Waals surface area contributed by atoms with Gasteiger partial charge in [0, 0.05) is 48.5 Å². The van der Waals surface area contributed by atoms with E-state index in [0.29, 0.717) is 43.1 Å². The average Bonchev–Trinajstić information content (AvgIpc) is 2.93. The van der Waals surface area contributed by atoms with Gasteiger partial charge in [-0.15, -0.1) is 0 Å². The second-order valence-electron chi connectivity index (χ2n) is 10.6. The normalized spacial score (nSPS) is 13.8. The molecule has 0 unspecified atom stereocenters. The van der Waals surface area contributed by atoms with Gasteiger partial charge in [-0.3, -0.25) is 9.59 Å². The van der Waals surface area contributed by atoms with E-state index in [1.807, 2.05) is 0 Å². The highest BCUT2D eigenvalue weighted by Gasteiger charge is 2.28. The molecular formula is C29H33FN8O3. The first-order valence-corrected chi connectivity index (χ1v) is 13.1. The lowest BCUT2D eigenvalue weighted by Crippen LogP contribution is -2.39. The number of amides is 2. The van der Waals surface area contributed by atoms with E-state index < -0.39 is 11.2 Å². The van der Waals surface area contributed by atoms with Crippen molar-refractivity contribution in [3.05, 3.63) is 66.9 Å². The zero-order valence-electron chi connectivity index (χ0n) is 23.2. The molecule has 4 rings (SSSR count). The summed E-state index contributed by atoms with van der Waals surface area (Å²) in [4.78, 5) is 38.3. The molecule has 2 amide bonds. The Morgan fingerprint density at radius 2 is 1.85 bits per heavy atom. The topological polar surface area (TPSA) is 159 Å². The Bertz CT molecular complexity index is 1480. The zero-order valence-corrected chi connectivity index (χ0v) is 23.2. The van der Waals surface area contributed by atoms with Gasteiger partial charge >= 0.3 is 0 Å². The van der Waals surface area contributed by atoms with Crippen LogP contribution in [0.5, 0.6) is 11.5 Å². The highest BCUT2D eigenvalue weighted by atomic mass is 19.1. The molecule has 0 aliphatic carbocycles. The molecule has 0 spiro atoms. The van der Waals surface area contributed by atoms with E-state index in [9.17, 15) is 9.59 Å². The molecule has 41 heavy (non-hydrogen) atoms. The van der Waals surface area contributed by atoms with Crippen molar-refractivity contribution in [2.24, 2.45) is 11.3 Å². The molecule has 1 saturated heterocycles. The highest BCUT2D eigenvalue weighted by Crippen LogP contribution is 2.32. The number of hydrogen-bond donors (Lipinski definition) is 4. The van der Waals surface area contributed by atoms with E-state index in [2.05, 4.69) is 32.2 Å². The monoisotopic (exact) mass is 560 g/mol. The molecule has 1 aliphatic rings. The van der Waals surface area contributed by atoms with Crippen molar-refractivity contribution in [1.29, 1.82) is 5.41 Å². The van der Waals surface area contributed by atoms with Crippen molar-refractivity contribution >= 4 is 40.7 Å². The fraction of sp³-hybridized carbons (Fsp3) is 0.310. The van der Waals surface area contributed by atoms with Crippen molar-refractivity contribution in [3.63, 3.8) is 0 Å². The molecule has 0 bridgehead atoms. The van der Waals surface area contributed by atoms with Gasteiger partial charge in [-0.25, -0.2) is 19.3 Å². The lowest BCUT2D eigenvalue weighted by atomic mass is 9.88. The molecule has 5 N–H and O–H groups in total. The van der Waals surface area contributed by atoms with Gasteiger partial charge in [0.2, 0.25) is 11.8 Å². The van der Waals surface area contributed by atoms with Crippen LogP contribution in [0.4, 0.5) is 27.5 Å². The maximum atomic E-state index is 15.2. The van der Waals surface area contributed by atoms with E-state index >= 15 is 4.39 Å². The molecule has 11 nitrogen and oxygen atoms in total. The molecule has 1 aliphatic heterocycles. The van der Waals surface area contributed by atoms with E-state index in [0.717, 1.165) is 0 Å². The predicted octanol–water partition coefficient (Wildman–Crippen LogP) is 4.91. The summed E-state index contributed by atoms with van der Waals surface area (Å²) in [5.74, 6) is 0.0792. The first-order valence-electron chi connectivity index (χ1n) is 13.1. The quantitative estimate of drug-likeness (QED) is 0.223. The Morgan fingerprint density at radius 1 is 1.15 bits per heavy atom. The van der Waals surface area contributed by atoms with Gasteiger partial charge in [-0.2, -0.15) is 0 Å². The maximum absolute atomic E-state index is 15.2. The molecule has 0 atom stereocenters. The Kier molecular flexibility index (Phi) is 8.60.